The third-order valence-electron chi connectivity index (χ3n) is 2.51. The van der Waals surface area contributed by atoms with E-state index in [0.29, 0.717) is 6.17 Å². The molecule has 1 heterocycles. The van der Waals surface area contributed by atoms with Crippen LogP contribution in [0.4, 0.5) is 0 Å². The molecule has 0 aromatic carbocycles. The average Bonchev–Trinajstić information content (AvgIpc) is 2.67. The Labute approximate surface area is 61.9 Å². The van der Waals surface area contributed by atoms with E-state index in [9.17, 15) is 0 Å². The van der Waals surface area contributed by atoms with Crippen LogP contribution in [-0.2, 0) is 0 Å². The van der Waals surface area contributed by atoms with Gasteiger partial charge in [0.25, 0.3) is 0 Å². The number of hydrogen-bond donors (Lipinski definition) is 1. The predicted molar refractivity (Wildman–Crippen MR) is 41.2 cm³/mol. The summed E-state index contributed by atoms with van der Waals surface area (Å²) < 4.78 is 0. The topological polar surface area (TPSA) is 15.3 Å². The van der Waals surface area contributed by atoms with E-state index < -0.39 is 0 Å². The lowest BCUT2D eigenvalue weighted by Crippen LogP contribution is -2.35. The number of rotatable bonds is 1. The van der Waals surface area contributed by atoms with E-state index in [1.807, 2.05) is 0 Å². The Morgan fingerprint density at radius 1 is 1.60 bits per heavy atom. The quantitative estimate of drug-likeness (QED) is 0.584. The minimum Gasteiger partial charge on any atom is -0.370 e. The van der Waals surface area contributed by atoms with E-state index >= 15 is 0 Å². The largest absolute Gasteiger partial charge is 0.370 e. The van der Waals surface area contributed by atoms with Crippen LogP contribution in [0.3, 0.4) is 0 Å². The lowest BCUT2D eigenvalue weighted by atomic mass is 10.3. The first-order chi connectivity index (χ1) is 4.79. The van der Waals surface area contributed by atoms with Gasteiger partial charge in [0.2, 0.25) is 0 Å². The van der Waals surface area contributed by atoms with Gasteiger partial charge < -0.3 is 10.2 Å². The Morgan fingerprint density at radius 2 is 2.30 bits per heavy atom. The van der Waals surface area contributed by atoms with Crippen molar-refractivity contribution in [3.8, 4) is 0 Å². The molecule has 10 heavy (non-hydrogen) atoms. The minimum absolute atomic E-state index is 0.611. The van der Waals surface area contributed by atoms with Gasteiger partial charge in [-0.25, -0.2) is 0 Å². The maximum Gasteiger partial charge on any atom is 0.101 e. The zero-order valence-corrected chi connectivity index (χ0v) is 6.59. The second-order valence-corrected chi connectivity index (χ2v) is 3.35. The number of hydrogen-bond acceptors (Lipinski definition) is 2. The monoisotopic (exact) mass is 138 g/mol. The van der Waals surface area contributed by atoms with Gasteiger partial charge in [-0.2, -0.15) is 0 Å². The molecule has 0 amide bonds. The van der Waals surface area contributed by atoms with Crippen molar-refractivity contribution in [3.63, 3.8) is 0 Å². The molecule has 2 aliphatic rings. The van der Waals surface area contributed by atoms with Crippen molar-refractivity contribution >= 4 is 0 Å². The summed E-state index contributed by atoms with van der Waals surface area (Å²) in [5.41, 5.74) is 1.36. The van der Waals surface area contributed by atoms with Gasteiger partial charge in [0.1, 0.15) is 6.17 Å². The van der Waals surface area contributed by atoms with Crippen molar-refractivity contribution in [2.75, 3.05) is 7.05 Å². The average molecular weight is 138 g/mol. The normalized spacial score (nSPS) is 32.0. The summed E-state index contributed by atoms with van der Waals surface area (Å²) in [5.74, 6) is 0.915. The van der Waals surface area contributed by atoms with Crippen LogP contribution in [0, 0.1) is 5.92 Å². The highest BCUT2D eigenvalue weighted by atomic mass is 15.3. The molecule has 1 unspecified atom stereocenters. The van der Waals surface area contributed by atoms with Crippen LogP contribution in [0.1, 0.15) is 19.8 Å². The molecular formula is C8H14N2. The molecule has 0 spiro atoms. The second kappa shape index (κ2) is 1.91. The van der Waals surface area contributed by atoms with Crippen LogP contribution in [-0.4, -0.2) is 18.1 Å². The van der Waals surface area contributed by atoms with Crippen LogP contribution in [0.2, 0.25) is 0 Å². The van der Waals surface area contributed by atoms with Crippen molar-refractivity contribution < 1.29 is 0 Å². The lowest BCUT2D eigenvalue weighted by Gasteiger charge is -2.22. The summed E-state index contributed by atoms with van der Waals surface area (Å²) in [6, 6.07) is 0. The molecule has 1 aliphatic heterocycles. The number of nitrogens with zero attached hydrogens (tertiary/aromatic N) is 1. The molecule has 1 fully saturated rings. The zero-order chi connectivity index (χ0) is 7.14. The first-order valence-corrected chi connectivity index (χ1v) is 3.94. The van der Waals surface area contributed by atoms with Crippen LogP contribution >= 0.6 is 0 Å². The Hall–Kier alpha value is -0.660. The van der Waals surface area contributed by atoms with Crippen LogP contribution in [0.25, 0.3) is 0 Å². The summed E-state index contributed by atoms with van der Waals surface area (Å²) in [5, 5.41) is 3.38. The van der Waals surface area contributed by atoms with Gasteiger partial charge in [0, 0.05) is 18.9 Å². The van der Waals surface area contributed by atoms with Crippen molar-refractivity contribution in [1.82, 2.24) is 10.2 Å². The highest BCUT2D eigenvalue weighted by Gasteiger charge is 2.35. The Bertz CT molecular complexity index is 170. The molecule has 0 radical (unpaired) electrons. The molecule has 0 aromatic rings. The predicted octanol–water partition coefficient (Wildman–Crippen LogP) is 1.12. The Balaban J connectivity index is 2.02. The fourth-order valence-electron chi connectivity index (χ4n) is 1.50. The standard InChI is InChI=1S/C8H14N2/c1-6-5-9-8(10(6)2)7-3-4-7/h5,7-9H,3-4H2,1-2H3. The SMILES string of the molecule is CC1=CNC(C2CC2)N1C. The highest BCUT2D eigenvalue weighted by Crippen LogP contribution is 2.36. The summed E-state index contributed by atoms with van der Waals surface area (Å²) in [6.45, 7) is 2.15. The maximum absolute atomic E-state index is 3.38. The van der Waals surface area contributed by atoms with Crippen molar-refractivity contribution in [2.45, 2.75) is 25.9 Å². The second-order valence-electron chi connectivity index (χ2n) is 3.35. The zero-order valence-electron chi connectivity index (χ0n) is 6.59. The third-order valence-corrected chi connectivity index (χ3v) is 2.51. The molecule has 1 aliphatic carbocycles. The molecule has 1 saturated carbocycles. The molecule has 56 valence electrons. The van der Waals surface area contributed by atoms with Gasteiger partial charge in [-0.05, 0) is 25.7 Å². The van der Waals surface area contributed by atoms with Crippen molar-refractivity contribution in [3.05, 3.63) is 11.9 Å². The van der Waals surface area contributed by atoms with E-state index in [2.05, 4.69) is 30.4 Å². The Kier molecular flexibility index (Phi) is 1.16. The molecule has 1 N–H and O–H groups in total. The van der Waals surface area contributed by atoms with Crippen LogP contribution in [0.5, 0.6) is 0 Å². The smallest absolute Gasteiger partial charge is 0.101 e. The van der Waals surface area contributed by atoms with E-state index in [-0.39, 0.29) is 0 Å². The van der Waals surface area contributed by atoms with Crippen LogP contribution < -0.4 is 5.32 Å². The van der Waals surface area contributed by atoms with Crippen molar-refractivity contribution in [1.29, 1.82) is 0 Å². The first-order valence-electron chi connectivity index (χ1n) is 3.94. The molecule has 2 nitrogen and oxygen atoms in total. The number of allylic oxidation sites excluding steroid dienone is 1. The van der Waals surface area contributed by atoms with E-state index in [1.165, 1.54) is 18.5 Å². The van der Waals surface area contributed by atoms with Gasteiger partial charge >= 0.3 is 0 Å². The summed E-state index contributed by atoms with van der Waals surface area (Å²) in [4.78, 5) is 2.33. The summed E-state index contributed by atoms with van der Waals surface area (Å²) in [6.07, 6.45) is 5.54. The molecule has 2 rings (SSSR count). The van der Waals surface area contributed by atoms with Crippen LogP contribution in [0.15, 0.2) is 11.9 Å². The van der Waals surface area contributed by atoms with Crippen molar-refractivity contribution in [2.24, 2.45) is 5.92 Å². The minimum atomic E-state index is 0.611. The van der Waals surface area contributed by atoms with Gasteiger partial charge in [-0.3, -0.25) is 0 Å². The highest BCUT2D eigenvalue weighted by molar-refractivity contribution is 5.07. The molecule has 2 heteroatoms. The maximum atomic E-state index is 3.38. The molecule has 1 atom stereocenters. The molecular weight excluding hydrogens is 124 g/mol. The van der Waals surface area contributed by atoms with Gasteiger partial charge in [-0.1, -0.05) is 0 Å². The lowest BCUT2D eigenvalue weighted by molar-refractivity contribution is 0.280. The fraction of sp³-hybridized carbons (Fsp3) is 0.750. The van der Waals surface area contributed by atoms with Gasteiger partial charge in [0.15, 0.2) is 0 Å². The van der Waals surface area contributed by atoms with Gasteiger partial charge in [0.05, 0.1) is 0 Å². The summed E-state index contributed by atoms with van der Waals surface area (Å²) >= 11 is 0. The molecule has 0 bridgehead atoms. The first kappa shape index (κ1) is 6.08. The Morgan fingerprint density at radius 3 is 2.70 bits per heavy atom. The molecule has 0 saturated heterocycles. The van der Waals surface area contributed by atoms with E-state index in [0.717, 1.165) is 5.92 Å². The fourth-order valence-corrected chi connectivity index (χ4v) is 1.50. The third kappa shape index (κ3) is 0.789. The molecule has 0 aromatic heterocycles. The van der Waals surface area contributed by atoms with E-state index in [4.69, 9.17) is 0 Å². The van der Waals surface area contributed by atoms with Gasteiger partial charge in [-0.15, -0.1) is 0 Å². The number of nitrogens with one attached hydrogen (secondary N) is 1. The summed E-state index contributed by atoms with van der Waals surface area (Å²) in [7, 11) is 2.16. The van der Waals surface area contributed by atoms with E-state index in [1.54, 1.807) is 0 Å².